The van der Waals surface area contributed by atoms with Crippen LogP contribution in [-0.2, 0) is 34.6 Å². The van der Waals surface area contributed by atoms with Crippen LogP contribution in [0.4, 0.5) is 4.39 Å². The molecule has 2 aromatic heterocycles. The van der Waals surface area contributed by atoms with Crippen LogP contribution in [0, 0.1) is 30.5 Å². The third-order valence-electron chi connectivity index (χ3n) is 10.1. The summed E-state index contributed by atoms with van der Waals surface area (Å²) in [6, 6.07) is 2.92. The number of hydrogen-bond donors (Lipinski definition) is 2. The Morgan fingerprint density at radius 3 is 2.67 bits per heavy atom. The van der Waals surface area contributed by atoms with Gasteiger partial charge in [0, 0.05) is 40.5 Å². The van der Waals surface area contributed by atoms with Crippen LogP contribution in [0.15, 0.2) is 16.9 Å². The van der Waals surface area contributed by atoms with Gasteiger partial charge in [0.05, 0.1) is 29.5 Å². The molecular formula is C32H34FN3O4. The van der Waals surface area contributed by atoms with Gasteiger partial charge in [0.1, 0.15) is 11.4 Å². The van der Waals surface area contributed by atoms with Crippen LogP contribution in [0.5, 0.6) is 0 Å². The molecule has 8 heteroatoms. The Kier molecular flexibility index (Phi) is 5.47. The summed E-state index contributed by atoms with van der Waals surface area (Å²) in [5.74, 6) is 0.303. The molecule has 0 bridgehead atoms. The third kappa shape index (κ3) is 3.38. The Morgan fingerprint density at radius 2 is 1.98 bits per heavy atom. The number of aliphatic hydroxyl groups is 1. The van der Waals surface area contributed by atoms with E-state index in [9.17, 15) is 19.5 Å². The van der Waals surface area contributed by atoms with E-state index in [2.05, 4.69) is 19.2 Å². The van der Waals surface area contributed by atoms with Gasteiger partial charge in [-0.15, -0.1) is 0 Å². The predicted octanol–water partition coefficient (Wildman–Crippen LogP) is 4.38. The number of aromatic nitrogens is 2. The predicted molar refractivity (Wildman–Crippen MR) is 148 cm³/mol. The average Bonchev–Trinajstić information content (AvgIpc) is 3.66. The molecule has 4 atom stereocenters. The Bertz CT molecular complexity index is 1720. The summed E-state index contributed by atoms with van der Waals surface area (Å²) < 4.78 is 16.8. The number of halogens is 1. The van der Waals surface area contributed by atoms with Gasteiger partial charge >= 0.3 is 0 Å². The molecule has 40 heavy (non-hydrogen) atoms. The van der Waals surface area contributed by atoms with E-state index < -0.39 is 5.60 Å². The minimum atomic E-state index is -1.71. The molecule has 3 aromatic rings. The van der Waals surface area contributed by atoms with Gasteiger partial charge in [0.2, 0.25) is 5.91 Å². The van der Waals surface area contributed by atoms with Crippen LogP contribution in [0.2, 0.25) is 0 Å². The van der Waals surface area contributed by atoms with Gasteiger partial charge in [-0.25, -0.2) is 9.37 Å². The second-order valence-corrected chi connectivity index (χ2v) is 12.5. The number of carbonyl (C=O) groups excluding carboxylic acids is 2. The van der Waals surface area contributed by atoms with Crippen LogP contribution in [-0.4, -0.2) is 26.3 Å². The molecule has 3 aliphatic carbocycles. The van der Waals surface area contributed by atoms with Crippen molar-refractivity contribution in [2.75, 3.05) is 0 Å². The van der Waals surface area contributed by atoms with E-state index in [1.807, 2.05) is 0 Å². The molecule has 208 valence electrons. The van der Waals surface area contributed by atoms with Crippen molar-refractivity contribution in [2.24, 2.45) is 17.8 Å². The number of hydrogen-bond acceptors (Lipinski definition) is 5. The Morgan fingerprint density at radius 1 is 1.20 bits per heavy atom. The molecular weight excluding hydrogens is 509 g/mol. The normalized spacial score (nSPS) is 26.1. The van der Waals surface area contributed by atoms with Crippen molar-refractivity contribution in [3.8, 4) is 11.4 Å². The van der Waals surface area contributed by atoms with Crippen LogP contribution < -0.4 is 10.9 Å². The lowest BCUT2D eigenvalue weighted by Gasteiger charge is -2.32. The number of Topliss-reactive ketones (excluding diaryl/α,β-unsaturated/α-hetero) is 1. The molecule has 7 nitrogen and oxygen atoms in total. The summed E-state index contributed by atoms with van der Waals surface area (Å²) in [7, 11) is 0. The number of aryl methyl sites for hydroxylation is 1. The van der Waals surface area contributed by atoms with Gasteiger partial charge in [-0.1, -0.05) is 20.8 Å². The number of benzene rings is 1. The van der Waals surface area contributed by atoms with Crippen LogP contribution in [0.1, 0.15) is 85.9 Å². The topological polar surface area (TPSA) is 101 Å². The summed E-state index contributed by atoms with van der Waals surface area (Å²) >= 11 is 0. The molecule has 1 amide bonds. The first-order chi connectivity index (χ1) is 19.0. The first-order valence-electron chi connectivity index (χ1n) is 14.5. The van der Waals surface area contributed by atoms with Gasteiger partial charge in [0.15, 0.2) is 5.78 Å². The average molecular weight is 544 g/mol. The fourth-order valence-corrected chi connectivity index (χ4v) is 7.61. The molecule has 0 radical (unpaired) electrons. The lowest BCUT2D eigenvalue weighted by Crippen LogP contribution is -2.43. The SMILES string of the molecule is CC[C@@]1(O)C(=O)CCc2c1cc1n(c2=O)Cc2c-1nc1cc(F)c(C)c3c1c2[C@@H](NC(=O)[C@@H]1CC1C(C)C)CC3. The molecule has 2 N–H and O–H groups in total. The molecule has 0 saturated heterocycles. The quantitative estimate of drug-likeness (QED) is 0.398. The number of carbonyl (C=O) groups is 2. The van der Waals surface area contributed by atoms with Crippen LogP contribution in [0.25, 0.3) is 22.3 Å². The van der Waals surface area contributed by atoms with Crippen LogP contribution in [0.3, 0.4) is 0 Å². The summed E-state index contributed by atoms with van der Waals surface area (Å²) in [6.07, 6.45) is 2.75. The zero-order chi connectivity index (χ0) is 28.2. The molecule has 4 aliphatic rings. The van der Waals surface area contributed by atoms with Crippen molar-refractivity contribution in [1.82, 2.24) is 14.9 Å². The highest BCUT2D eigenvalue weighted by atomic mass is 19.1. The minimum Gasteiger partial charge on any atom is -0.377 e. The maximum atomic E-state index is 15.1. The monoisotopic (exact) mass is 543 g/mol. The number of fused-ring (bicyclic) bond motifs is 5. The number of nitrogens with one attached hydrogen (secondary N) is 1. The van der Waals surface area contributed by atoms with Crippen LogP contribution >= 0.6 is 0 Å². The van der Waals surface area contributed by atoms with E-state index >= 15 is 4.39 Å². The fourth-order valence-electron chi connectivity index (χ4n) is 7.61. The molecule has 0 spiro atoms. The summed E-state index contributed by atoms with van der Waals surface area (Å²) in [6.45, 7) is 8.10. The maximum Gasteiger partial charge on any atom is 0.254 e. The first-order valence-corrected chi connectivity index (χ1v) is 14.5. The van der Waals surface area contributed by atoms with Gasteiger partial charge in [-0.2, -0.15) is 0 Å². The fraction of sp³-hybridized carbons (Fsp3) is 0.500. The highest BCUT2D eigenvalue weighted by Gasteiger charge is 2.46. The second kappa shape index (κ2) is 8.56. The molecule has 1 aliphatic heterocycles. The number of nitrogens with zero attached hydrogens (tertiary/aromatic N) is 2. The third-order valence-corrected chi connectivity index (χ3v) is 10.1. The molecule has 1 unspecified atom stereocenters. The van der Waals surface area contributed by atoms with E-state index in [1.54, 1.807) is 24.5 Å². The highest BCUT2D eigenvalue weighted by Crippen LogP contribution is 2.48. The van der Waals surface area contributed by atoms with Crippen molar-refractivity contribution >= 4 is 22.6 Å². The smallest absolute Gasteiger partial charge is 0.254 e. The number of pyridine rings is 2. The summed E-state index contributed by atoms with van der Waals surface area (Å²) in [5, 5.41) is 15.5. The van der Waals surface area contributed by atoms with E-state index in [-0.39, 0.29) is 54.4 Å². The molecule has 1 aromatic carbocycles. The largest absolute Gasteiger partial charge is 0.377 e. The van der Waals surface area contributed by atoms with E-state index in [1.165, 1.54) is 6.07 Å². The summed E-state index contributed by atoms with van der Waals surface area (Å²) in [5.41, 5.74) is 3.76. The van der Waals surface area contributed by atoms with Crippen molar-refractivity contribution in [3.05, 3.63) is 61.7 Å². The van der Waals surface area contributed by atoms with Crippen molar-refractivity contribution in [2.45, 2.75) is 84.4 Å². The maximum absolute atomic E-state index is 15.1. The first kappa shape index (κ1) is 25.6. The Hall–Kier alpha value is -3.39. The van der Waals surface area contributed by atoms with Gasteiger partial charge in [0.25, 0.3) is 5.56 Å². The molecule has 3 heterocycles. The van der Waals surface area contributed by atoms with Crippen molar-refractivity contribution in [1.29, 1.82) is 0 Å². The second-order valence-electron chi connectivity index (χ2n) is 12.5. The minimum absolute atomic E-state index is 0.0116. The van der Waals surface area contributed by atoms with Gasteiger partial charge < -0.3 is 15.0 Å². The van der Waals surface area contributed by atoms with Crippen molar-refractivity contribution in [3.63, 3.8) is 0 Å². The standard InChI is InChI=1S/C32H34FN3O4/c1-5-32(40)21-11-25-29-20(13-36(25)31(39)17(21)7-9-26(32)37)28-23(35-30(38)19-10-18(19)14(2)3)8-6-16-15(4)22(33)12-24(34-29)27(16)28/h11-12,14,18-19,23,40H,5-10,13H2,1-4H3,(H,35,38)/t18?,19-,23+,32+/m1/s1. The Labute approximate surface area is 231 Å². The molecule has 7 rings (SSSR count). The van der Waals surface area contributed by atoms with E-state index in [4.69, 9.17) is 4.98 Å². The van der Waals surface area contributed by atoms with E-state index in [0.29, 0.717) is 64.7 Å². The lowest BCUT2D eigenvalue weighted by atomic mass is 9.77. The lowest BCUT2D eigenvalue weighted by molar-refractivity contribution is -0.140. The Balaban J connectivity index is 1.43. The van der Waals surface area contributed by atoms with E-state index in [0.717, 1.165) is 28.5 Å². The summed E-state index contributed by atoms with van der Waals surface area (Å²) in [4.78, 5) is 44.8. The zero-order valence-electron chi connectivity index (χ0n) is 23.4. The van der Waals surface area contributed by atoms with Crippen molar-refractivity contribution < 1.29 is 19.1 Å². The molecule has 1 saturated carbocycles. The zero-order valence-corrected chi connectivity index (χ0v) is 23.4. The number of ketones is 1. The number of amides is 1. The highest BCUT2D eigenvalue weighted by molar-refractivity contribution is 5.95. The molecule has 1 fully saturated rings. The van der Waals surface area contributed by atoms with Gasteiger partial charge in [-0.05, 0) is 73.6 Å². The number of rotatable bonds is 4. The van der Waals surface area contributed by atoms with Gasteiger partial charge in [-0.3, -0.25) is 14.4 Å².